The predicted molar refractivity (Wildman–Crippen MR) is 97.2 cm³/mol. The lowest BCUT2D eigenvalue weighted by Crippen LogP contribution is -2.25. The highest BCUT2D eigenvalue weighted by Gasteiger charge is 2.10. The van der Waals surface area contributed by atoms with E-state index in [1.807, 2.05) is 38.2 Å². The van der Waals surface area contributed by atoms with E-state index in [1.165, 1.54) is 25.9 Å². The van der Waals surface area contributed by atoms with Crippen molar-refractivity contribution in [1.82, 2.24) is 14.9 Å². The number of rotatable bonds is 7. The molecule has 24 heavy (non-hydrogen) atoms. The van der Waals surface area contributed by atoms with Crippen molar-refractivity contribution in [3.05, 3.63) is 36.0 Å². The van der Waals surface area contributed by atoms with Crippen LogP contribution in [0.2, 0.25) is 0 Å². The minimum atomic E-state index is 0.577. The Morgan fingerprint density at radius 1 is 1.17 bits per heavy atom. The van der Waals surface area contributed by atoms with Gasteiger partial charge in [-0.1, -0.05) is 0 Å². The van der Waals surface area contributed by atoms with Crippen molar-refractivity contribution in [1.29, 1.82) is 0 Å². The molecule has 2 N–H and O–H groups in total. The first-order valence-corrected chi connectivity index (χ1v) is 8.48. The minimum absolute atomic E-state index is 0.577. The summed E-state index contributed by atoms with van der Waals surface area (Å²) in [6, 6.07) is 7.90. The molecule has 3 rings (SSSR count). The third kappa shape index (κ3) is 4.35. The number of benzene rings is 1. The number of hydrogen-bond donors (Lipinski definition) is 2. The van der Waals surface area contributed by atoms with E-state index in [1.54, 1.807) is 6.20 Å². The molecule has 6 nitrogen and oxygen atoms in total. The quantitative estimate of drug-likeness (QED) is 0.815. The highest BCUT2D eigenvalue weighted by Crippen LogP contribution is 2.20. The van der Waals surface area contributed by atoms with Crippen LogP contribution in [0.1, 0.15) is 18.4 Å². The fraction of sp³-hybridized carbons (Fsp3) is 0.444. The number of anilines is 3. The van der Waals surface area contributed by atoms with Gasteiger partial charge >= 0.3 is 0 Å². The number of ether oxygens (including phenoxy) is 1. The van der Waals surface area contributed by atoms with E-state index in [9.17, 15) is 0 Å². The molecule has 128 valence electrons. The zero-order chi connectivity index (χ0) is 16.8. The van der Waals surface area contributed by atoms with Crippen molar-refractivity contribution in [2.24, 2.45) is 0 Å². The van der Waals surface area contributed by atoms with E-state index in [4.69, 9.17) is 4.74 Å². The third-order valence-corrected chi connectivity index (χ3v) is 4.19. The smallest absolute Gasteiger partial charge is 0.229 e. The number of nitrogens with one attached hydrogen (secondary N) is 2. The number of aryl methyl sites for hydroxylation is 1. The Labute approximate surface area is 143 Å². The predicted octanol–water partition coefficient (Wildman–Crippen LogP) is 3.04. The number of aromatic nitrogens is 2. The second kappa shape index (κ2) is 7.97. The van der Waals surface area contributed by atoms with Gasteiger partial charge < -0.3 is 15.4 Å². The van der Waals surface area contributed by atoms with Gasteiger partial charge in [0, 0.05) is 31.0 Å². The molecule has 0 unspecified atom stereocenters. The summed E-state index contributed by atoms with van der Waals surface area (Å²) in [5.41, 5.74) is 1.96. The Morgan fingerprint density at radius 3 is 2.62 bits per heavy atom. The van der Waals surface area contributed by atoms with E-state index in [2.05, 4.69) is 25.5 Å². The number of likely N-dealkylation sites (tertiary alicyclic amines) is 1. The van der Waals surface area contributed by atoms with Crippen LogP contribution in [0.3, 0.4) is 0 Å². The molecule has 1 fully saturated rings. The molecular formula is C18H25N5O. The molecule has 0 aliphatic carbocycles. The lowest BCUT2D eigenvalue weighted by Gasteiger charge is -2.15. The van der Waals surface area contributed by atoms with Crippen LogP contribution in [0.15, 0.2) is 30.5 Å². The molecule has 1 aliphatic rings. The molecule has 2 heterocycles. The van der Waals surface area contributed by atoms with E-state index in [0.717, 1.165) is 36.0 Å². The van der Waals surface area contributed by atoms with Gasteiger partial charge in [0.25, 0.3) is 0 Å². The monoisotopic (exact) mass is 327 g/mol. The van der Waals surface area contributed by atoms with Crippen molar-refractivity contribution in [2.45, 2.75) is 19.8 Å². The Morgan fingerprint density at radius 2 is 1.92 bits per heavy atom. The second-order valence-corrected chi connectivity index (χ2v) is 6.02. The van der Waals surface area contributed by atoms with Gasteiger partial charge in [-0.25, -0.2) is 4.98 Å². The van der Waals surface area contributed by atoms with Crippen molar-refractivity contribution >= 4 is 17.5 Å². The molecule has 0 bridgehead atoms. The molecule has 0 amide bonds. The largest absolute Gasteiger partial charge is 0.492 e. The topological polar surface area (TPSA) is 62.3 Å². The molecule has 1 aromatic carbocycles. The standard InChI is InChI=1S/C18H25N5O/c1-14-13-20-18(22-17(14)19-2)21-15-5-7-16(8-6-15)24-12-11-23-9-3-4-10-23/h5-8,13H,3-4,9-12H2,1-2H3,(H2,19,20,21,22). The summed E-state index contributed by atoms with van der Waals surface area (Å²) in [7, 11) is 1.85. The summed E-state index contributed by atoms with van der Waals surface area (Å²) >= 11 is 0. The SMILES string of the molecule is CNc1nc(Nc2ccc(OCCN3CCCC3)cc2)ncc1C. The van der Waals surface area contributed by atoms with Crippen LogP contribution in [0.4, 0.5) is 17.5 Å². The molecule has 0 spiro atoms. The molecule has 0 saturated carbocycles. The lowest BCUT2D eigenvalue weighted by atomic mass is 10.3. The molecular weight excluding hydrogens is 302 g/mol. The van der Waals surface area contributed by atoms with E-state index in [0.29, 0.717) is 5.95 Å². The summed E-state index contributed by atoms with van der Waals surface area (Å²) < 4.78 is 5.81. The average molecular weight is 327 g/mol. The maximum atomic E-state index is 5.81. The lowest BCUT2D eigenvalue weighted by molar-refractivity contribution is 0.238. The van der Waals surface area contributed by atoms with Gasteiger partial charge in [0.2, 0.25) is 5.95 Å². The highest BCUT2D eigenvalue weighted by molar-refractivity contribution is 5.56. The molecule has 0 atom stereocenters. The van der Waals surface area contributed by atoms with Gasteiger partial charge in [0.05, 0.1) is 0 Å². The van der Waals surface area contributed by atoms with Gasteiger partial charge in [-0.15, -0.1) is 0 Å². The van der Waals surface area contributed by atoms with Gasteiger partial charge in [-0.05, 0) is 57.1 Å². The van der Waals surface area contributed by atoms with Gasteiger partial charge in [-0.3, -0.25) is 4.90 Å². The van der Waals surface area contributed by atoms with E-state index in [-0.39, 0.29) is 0 Å². The molecule has 0 radical (unpaired) electrons. The van der Waals surface area contributed by atoms with Crippen LogP contribution < -0.4 is 15.4 Å². The minimum Gasteiger partial charge on any atom is -0.492 e. The summed E-state index contributed by atoms with van der Waals surface area (Å²) in [4.78, 5) is 11.2. The second-order valence-electron chi connectivity index (χ2n) is 6.02. The van der Waals surface area contributed by atoms with Gasteiger partial charge in [0.1, 0.15) is 18.2 Å². The maximum Gasteiger partial charge on any atom is 0.229 e. The maximum absolute atomic E-state index is 5.81. The van der Waals surface area contributed by atoms with Gasteiger partial charge in [-0.2, -0.15) is 4.98 Å². The van der Waals surface area contributed by atoms with Crippen LogP contribution in [0, 0.1) is 6.92 Å². The van der Waals surface area contributed by atoms with Crippen molar-refractivity contribution in [3.8, 4) is 5.75 Å². The van der Waals surface area contributed by atoms with Crippen LogP contribution in [-0.4, -0.2) is 48.2 Å². The van der Waals surface area contributed by atoms with Crippen molar-refractivity contribution in [3.63, 3.8) is 0 Å². The normalized spacial score (nSPS) is 14.6. The number of nitrogens with zero attached hydrogens (tertiary/aromatic N) is 3. The van der Waals surface area contributed by atoms with Crippen LogP contribution in [-0.2, 0) is 0 Å². The first-order valence-electron chi connectivity index (χ1n) is 8.48. The summed E-state index contributed by atoms with van der Waals surface area (Å²) in [5, 5.41) is 6.27. The Balaban J connectivity index is 1.52. The molecule has 6 heteroatoms. The first kappa shape index (κ1) is 16.5. The van der Waals surface area contributed by atoms with Crippen LogP contribution >= 0.6 is 0 Å². The van der Waals surface area contributed by atoms with E-state index < -0.39 is 0 Å². The number of hydrogen-bond acceptors (Lipinski definition) is 6. The van der Waals surface area contributed by atoms with Crippen LogP contribution in [0.25, 0.3) is 0 Å². The van der Waals surface area contributed by atoms with Crippen LogP contribution in [0.5, 0.6) is 5.75 Å². The highest BCUT2D eigenvalue weighted by atomic mass is 16.5. The first-order chi connectivity index (χ1) is 11.7. The van der Waals surface area contributed by atoms with Crippen molar-refractivity contribution < 1.29 is 4.74 Å². The summed E-state index contributed by atoms with van der Waals surface area (Å²) in [5.74, 6) is 2.29. The average Bonchev–Trinajstić information content (AvgIpc) is 3.11. The van der Waals surface area contributed by atoms with E-state index >= 15 is 0 Å². The molecule has 1 saturated heterocycles. The fourth-order valence-electron chi connectivity index (χ4n) is 2.82. The Hall–Kier alpha value is -2.34. The zero-order valence-electron chi connectivity index (χ0n) is 14.4. The Bertz CT molecular complexity index is 653. The summed E-state index contributed by atoms with van der Waals surface area (Å²) in [6.07, 6.45) is 4.43. The summed E-state index contributed by atoms with van der Waals surface area (Å²) in [6.45, 7) is 6.13. The zero-order valence-corrected chi connectivity index (χ0v) is 14.4. The fourth-order valence-corrected chi connectivity index (χ4v) is 2.82. The molecule has 1 aromatic heterocycles. The molecule has 2 aromatic rings. The van der Waals surface area contributed by atoms with Crippen molar-refractivity contribution in [2.75, 3.05) is 43.9 Å². The molecule has 1 aliphatic heterocycles. The van der Waals surface area contributed by atoms with Gasteiger partial charge in [0.15, 0.2) is 0 Å². The third-order valence-electron chi connectivity index (χ3n) is 4.19. The Kier molecular flexibility index (Phi) is 5.48.